The predicted molar refractivity (Wildman–Crippen MR) is 86.1 cm³/mol. The minimum absolute atomic E-state index is 0. The van der Waals surface area contributed by atoms with E-state index in [2.05, 4.69) is 38.3 Å². The van der Waals surface area contributed by atoms with Crippen molar-refractivity contribution in [3.8, 4) is 0 Å². The van der Waals surface area contributed by atoms with Crippen LogP contribution in [0.4, 0.5) is 5.69 Å². The second kappa shape index (κ2) is 5.74. The third-order valence-corrected chi connectivity index (χ3v) is 4.93. The molecule has 1 aromatic carbocycles. The molecule has 112 valence electrons. The Morgan fingerprint density at radius 3 is 2.20 bits per heavy atom. The summed E-state index contributed by atoms with van der Waals surface area (Å²) in [5, 5.41) is 6.21. The molecule has 2 rings (SSSR count). The summed E-state index contributed by atoms with van der Waals surface area (Å²) in [7, 11) is 1.91. The lowest BCUT2D eigenvalue weighted by molar-refractivity contribution is -0.118. The average molecular weight is 297 g/mol. The molecule has 1 aromatic rings. The molecule has 3 nitrogen and oxygen atoms in total. The summed E-state index contributed by atoms with van der Waals surface area (Å²) in [6.07, 6.45) is 0. The first-order valence-electron chi connectivity index (χ1n) is 6.85. The number of para-hydroxylation sites is 1. The molecule has 20 heavy (non-hydrogen) atoms. The quantitative estimate of drug-likeness (QED) is 0.893. The highest BCUT2D eigenvalue weighted by Crippen LogP contribution is 2.68. The number of halogens is 1. The Kier molecular flexibility index (Phi) is 4.88. The molecule has 1 aliphatic rings. The van der Waals surface area contributed by atoms with Gasteiger partial charge in [-0.3, -0.25) is 4.79 Å². The summed E-state index contributed by atoms with van der Waals surface area (Å²) in [6.45, 7) is 9.41. The topological polar surface area (TPSA) is 41.1 Å². The van der Waals surface area contributed by atoms with Crippen LogP contribution >= 0.6 is 12.4 Å². The van der Waals surface area contributed by atoms with Gasteiger partial charge in [-0.05, 0) is 29.5 Å². The summed E-state index contributed by atoms with van der Waals surface area (Å²) in [6, 6.07) is 7.95. The smallest absolute Gasteiger partial charge is 0.228 e. The Bertz CT molecular complexity index is 483. The van der Waals surface area contributed by atoms with Crippen LogP contribution in [-0.4, -0.2) is 13.0 Å². The van der Waals surface area contributed by atoms with Crippen LogP contribution in [0.5, 0.6) is 0 Å². The number of hydrogen-bond acceptors (Lipinski definition) is 2. The van der Waals surface area contributed by atoms with Gasteiger partial charge in [0.25, 0.3) is 0 Å². The van der Waals surface area contributed by atoms with Crippen molar-refractivity contribution in [3.63, 3.8) is 0 Å². The van der Waals surface area contributed by atoms with Crippen molar-refractivity contribution >= 4 is 24.0 Å². The summed E-state index contributed by atoms with van der Waals surface area (Å²) >= 11 is 0. The van der Waals surface area contributed by atoms with Crippen LogP contribution in [0.3, 0.4) is 0 Å². The maximum atomic E-state index is 12.4. The van der Waals surface area contributed by atoms with Crippen molar-refractivity contribution in [1.29, 1.82) is 0 Å². The third-order valence-electron chi connectivity index (χ3n) is 4.93. The van der Waals surface area contributed by atoms with Gasteiger partial charge in [0.15, 0.2) is 0 Å². The van der Waals surface area contributed by atoms with Crippen LogP contribution in [0.15, 0.2) is 24.3 Å². The van der Waals surface area contributed by atoms with Gasteiger partial charge in [0.1, 0.15) is 0 Å². The lowest BCUT2D eigenvalue weighted by Crippen LogP contribution is -2.19. The molecule has 0 unspecified atom stereocenters. The Morgan fingerprint density at radius 2 is 1.70 bits per heavy atom. The minimum Gasteiger partial charge on any atom is -0.326 e. The number of carbonyl (C=O) groups is 1. The molecule has 1 saturated carbocycles. The molecule has 0 radical (unpaired) electrons. The number of amides is 1. The Balaban J connectivity index is 0.00000200. The number of hydrogen-bond donors (Lipinski definition) is 2. The first-order chi connectivity index (χ1) is 8.82. The van der Waals surface area contributed by atoms with E-state index in [1.54, 1.807) is 0 Å². The molecule has 0 heterocycles. The highest BCUT2D eigenvalue weighted by molar-refractivity contribution is 5.96. The molecule has 1 fully saturated rings. The molecular formula is C16H25ClN2O. The van der Waals surface area contributed by atoms with Crippen molar-refractivity contribution in [2.45, 2.75) is 34.2 Å². The van der Waals surface area contributed by atoms with Crippen molar-refractivity contribution in [1.82, 2.24) is 5.32 Å². The van der Waals surface area contributed by atoms with Crippen LogP contribution in [-0.2, 0) is 11.3 Å². The molecule has 0 aliphatic heterocycles. The van der Waals surface area contributed by atoms with Crippen LogP contribution in [0.25, 0.3) is 0 Å². The van der Waals surface area contributed by atoms with E-state index in [-0.39, 0.29) is 35.1 Å². The summed E-state index contributed by atoms with van der Waals surface area (Å²) in [4.78, 5) is 12.4. The number of rotatable bonds is 4. The molecular weight excluding hydrogens is 272 g/mol. The Labute approximate surface area is 127 Å². The fourth-order valence-electron chi connectivity index (χ4n) is 3.04. The highest BCUT2D eigenvalue weighted by atomic mass is 35.5. The van der Waals surface area contributed by atoms with Crippen LogP contribution in [0.2, 0.25) is 0 Å². The maximum Gasteiger partial charge on any atom is 0.228 e. The summed E-state index contributed by atoms with van der Waals surface area (Å²) < 4.78 is 0. The zero-order valence-electron chi connectivity index (χ0n) is 12.9. The lowest BCUT2D eigenvalue weighted by Gasteiger charge is -2.11. The fraction of sp³-hybridized carbons (Fsp3) is 0.562. The predicted octanol–water partition coefficient (Wildman–Crippen LogP) is 3.45. The zero-order chi connectivity index (χ0) is 14.3. The molecule has 0 saturated heterocycles. The van der Waals surface area contributed by atoms with E-state index in [0.29, 0.717) is 0 Å². The highest BCUT2D eigenvalue weighted by Gasteiger charge is 2.68. The number of carbonyl (C=O) groups excluding carboxylic acids is 1. The molecule has 4 heteroatoms. The van der Waals surface area contributed by atoms with E-state index >= 15 is 0 Å². The van der Waals surface area contributed by atoms with Gasteiger partial charge < -0.3 is 10.6 Å². The summed E-state index contributed by atoms with van der Waals surface area (Å²) in [5.74, 6) is 0.223. The van der Waals surface area contributed by atoms with E-state index in [1.165, 1.54) is 0 Å². The molecule has 1 aliphatic carbocycles. The molecule has 0 atom stereocenters. The van der Waals surface area contributed by atoms with Gasteiger partial charge in [-0.2, -0.15) is 0 Å². The largest absolute Gasteiger partial charge is 0.326 e. The van der Waals surface area contributed by atoms with Crippen LogP contribution < -0.4 is 10.6 Å². The minimum atomic E-state index is 0. The van der Waals surface area contributed by atoms with Gasteiger partial charge in [-0.15, -0.1) is 12.4 Å². The molecule has 0 aromatic heterocycles. The molecule has 0 spiro atoms. The second-order valence-corrected chi connectivity index (χ2v) is 6.55. The normalized spacial score (nSPS) is 19.1. The van der Waals surface area contributed by atoms with E-state index in [4.69, 9.17) is 0 Å². The van der Waals surface area contributed by atoms with Crippen molar-refractivity contribution in [3.05, 3.63) is 29.8 Å². The van der Waals surface area contributed by atoms with E-state index < -0.39 is 0 Å². The molecule has 1 amide bonds. The van der Waals surface area contributed by atoms with Crippen LogP contribution in [0, 0.1) is 16.7 Å². The van der Waals surface area contributed by atoms with Gasteiger partial charge in [0.2, 0.25) is 5.91 Å². The van der Waals surface area contributed by atoms with Crippen molar-refractivity contribution in [2.75, 3.05) is 12.4 Å². The first kappa shape index (κ1) is 17.0. The fourth-order valence-corrected chi connectivity index (χ4v) is 3.04. The van der Waals surface area contributed by atoms with Crippen molar-refractivity contribution in [2.24, 2.45) is 16.7 Å². The van der Waals surface area contributed by atoms with E-state index in [0.717, 1.165) is 17.8 Å². The van der Waals surface area contributed by atoms with Gasteiger partial charge in [-0.1, -0.05) is 45.9 Å². The van der Waals surface area contributed by atoms with Gasteiger partial charge in [0.05, 0.1) is 0 Å². The first-order valence-corrected chi connectivity index (χ1v) is 6.85. The second-order valence-electron chi connectivity index (χ2n) is 6.55. The standard InChI is InChI=1S/C16H24N2O.ClH/c1-15(2)13(16(15,3)4)14(19)18-12-9-7-6-8-11(12)10-17-5;/h6-9,13,17H,10H2,1-5H3,(H,18,19);1H. The van der Waals surface area contributed by atoms with Gasteiger partial charge in [-0.25, -0.2) is 0 Å². The number of benzene rings is 1. The SMILES string of the molecule is CNCc1ccccc1NC(=O)C1C(C)(C)C1(C)C.Cl. The third kappa shape index (κ3) is 2.70. The van der Waals surface area contributed by atoms with Gasteiger partial charge >= 0.3 is 0 Å². The lowest BCUT2D eigenvalue weighted by atomic mass is 10.0. The zero-order valence-corrected chi connectivity index (χ0v) is 13.7. The van der Waals surface area contributed by atoms with E-state index in [1.807, 2.05) is 31.3 Å². The van der Waals surface area contributed by atoms with E-state index in [9.17, 15) is 4.79 Å². The monoisotopic (exact) mass is 296 g/mol. The Hall–Kier alpha value is -1.06. The molecule has 0 bridgehead atoms. The summed E-state index contributed by atoms with van der Waals surface area (Å²) in [5.41, 5.74) is 2.19. The number of anilines is 1. The van der Waals surface area contributed by atoms with Gasteiger partial charge in [0, 0.05) is 18.2 Å². The van der Waals surface area contributed by atoms with Crippen molar-refractivity contribution < 1.29 is 4.79 Å². The number of nitrogens with one attached hydrogen (secondary N) is 2. The van der Waals surface area contributed by atoms with Crippen LogP contribution in [0.1, 0.15) is 33.3 Å². The average Bonchev–Trinajstić information content (AvgIpc) is 2.72. The maximum absolute atomic E-state index is 12.4. The Morgan fingerprint density at radius 1 is 1.15 bits per heavy atom. The molecule has 2 N–H and O–H groups in total.